The number of carbonyl (C=O) groups is 2. The van der Waals surface area contributed by atoms with Crippen LogP contribution in [0.25, 0.3) is 0 Å². The summed E-state index contributed by atoms with van der Waals surface area (Å²) in [5.41, 5.74) is 0.815. The normalized spacial score (nSPS) is 21.0. The van der Waals surface area contributed by atoms with Crippen molar-refractivity contribution in [1.82, 2.24) is 9.80 Å². The maximum absolute atomic E-state index is 12.5. The third-order valence-electron chi connectivity index (χ3n) is 3.57. The molecular formula is C16H22ClN3O3. The van der Waals surface area contributed by atoms with E-state index in [0.717, 1.165) is 0 Å². The van der Waals surface area contributed by atoms with Crippen LogP contribution in [-0.2, 0) is 4.74 Å². The zero-order chi connectivity index (χ0) is 17.1. The Morgan fingerprint density at radius 2 is 1.87 bits per heavy atom. The quantitative estimate of drug-likeness (QED) is 0.901. The van der Waals surface area contributed by atoms with Crippen molar-refractivity contribution in [2.75, 3.05) is 32.5 Å². The largest absolute Gasteiger partial charge is 0.372 e. The van der Waals surface area contributed by atoms with Crippen molar-refractivity contribution in [3.63, 3.8) is 0 Å². The molecule has 0 aliphatic carbocycles. The number of carbonyl (C=O) groups excluding carboxylic acids is 2. The molecule has 0 spiro atoms. The van der Waals surface area contributed by atoms with Gasteiger partial charge in [0.15, 0.2) is 0 Å². The predicted molar refractivity (Wildman–Crippen MR) is 90.1 cm³/mol. The Morgan fingerprint density at radius 3 is 2.43 bits per heavy atom. The lowest BCUT2D eigenvalue weighted by Crippen LogP contribution is -2.49. The average Bonchev–Trinajstić information content (AvgIpc) is 2.45. The van der Waals surface area contributed by atoms with Gasteiger partial charge < -0.3 is 19.9 Å². The Balaban J connectivity index is 2.20. The Bertz CT molecular complexity index is 596. The van der Waals surface area contributed by atoms with Gasteiger partial charge in [-0.1, -0.05) is 11.6 Å². The van der Waals surface area contributed by atoms with Gasteiger partial charge in [-0.05, 0) is 32.0 Å². The molecule has 1 aromatic rings. The van der Waals surface area contributed by atoms with Gasteiger partial charge in [0.1, 0.15) is 0 Å². The smallest absolute Gasteiger partial charge is 0.322 e. The van der Waals surface area contributed by atoms with E-state index in [9.17, 15) is 9.59 Å². The summed E-state index contributed by atoms with van der Waals surface area (Å²) in [5, 5.41) is 3.26. The number of hydrogen-bond donors (Lipinski definition) is 1. The molecule has 1 aliphatic rings. The zero-order valence-corrected chi connectivity index (χ0v) is 14.6. The minimum absolute atomic E-state index is 0.0215. The zero-order valence-electron chi connectivity index (χ0n) is 13.8. The molecular weight excluding hydrogens is 318 g/mol. The Kier molecular flexibility index (Phi) is 5.49. The highest BCUT2D eigenvalue weighted by molar-refractivity contribution is 6.31. The molecule has 0 aromatic heterocycles. The number of nitrogens with zero attached hydrogens (tertiary/aromatic N) is 2. The van der Waals surface area contributed by atoms with Crippen LogP contribution in [0.3, 0.4) is 0 Å². The molecule has 23 heavy (non-hydrogen) atoms. The molecule has 7 heteroatoms. The highest BCUT2D eigenvalue weighted by Crippen LogP contribution is 2.23. The number of anilines is 1. The van der Waals surface area contributed by atoms with E-state index in [1.165, 1.54) is 4.90 Å². The molecule has 0 radical (unpaired) electrons. The van der Waals surface area contributed by atoms with Crippen LogP contribution in [0.1, 0.15) is 24.2 Å². The molecule has 2 rings (SSSR count). The fourth-order valence-corrected chi connectivity index (χ4v) is 2.76. The van der Waals surface area contributed by atoms with E-state index in [1.54, 1.807) is 37.2 Å². The number of morpholine rings is 1. The van der Waals surface area contributed by atoms with Gasteiger partial charge in [-0.2, -0.15) is 0 Å². The summed E-state index contributed by atoms with van der Waals surface area (Å²) in [6, 6.07) is 4.57. The molecule has 1 heterocycles. The van der Waals surface area contributed by atoms with Crippen LogP contribution in [0.15, 0.2) is 18.2 Å². The minimum Gasteiger partial charge on any atom is -0.372 e. The molecule has 1 N–H and O–H groups in total. The maximum Gasteiger partial charge on any atom is 0.322 e. The van der Waals surface area contributed by atoms with Gasteiger partial charge in [0.2, 0.25) is 0 Å². The highest BCUT2D eigenvalue weighted by Gasteiger charge is 2.26. The summed E-state index contributed by atoms with van der Waals surface area (Å²) in [6.07, 6.45) is -0.0431. The average molecular weight is 340 g/mol. The number of halogens is 1. The molecule has 6 nitrogen and oxygen atoms in total. The van der Waals surface area contributed by atoms with Crippen LogP contribution in [-0.4, -0.2) is 61.1 Å². The molecule has 3 amide bonds. The number of rotatable bonds is 2. The van der Waals surface area contributed by atoms with Crippen LogP contribution in [0.5, 0.6) is 0 Å². The standard InChI is InChI=1S/C16H22ClN3O3/c1-10-8-20(9-11(2)23-10)16(22)18-14-7-12(17)5-6-13(14)15(21)19(3)4/h5-7,10-11H,8-9H2,1-4H3,(H,18,22). The van der Waals surface area contributed by atoms with Gasteiger partial charge in [0.25, 0.3) is 5.91 Å². The summed E-state index contributed by atoms with van der Waals surface area (Å²) in [4.78, 5) is 27.9. The van der Waals surface area contributed by atoms with Gasteiger partial charge >= 0.3 is 6.03 Å². The number of ether oxygens (including phenoxy) is 1. The first-order chi connectivity index (χ1) is 10.8. The SMILES string of the molecule is CC1CN(C(=O)Nc2cc(Cl)ccc2C(=O)N(C)C)CC(C)O1. The predicted octanol–water partition coefficient (Wildman–Crippen LogP) is 2.68. The molecule has 1 aromatic carbocycles. The second-order valence-corrected chi connectivity index (χ2v) is 6.42. The molecule has 2 unspecified atom stereocenters. The molecule has 1 fully saturated rings. The van der Waals surface area contributed by atoms with E-state index in [0.29, 0.717) is 29.4 Å². The monoisotopic (exact) mass is 339 g/mol. The van der Waals surface area contributed by atoms with Crippen LogP contribution in [0.4, 0.5) is 10.5 Å². The van der Waals surface area contributed by atoms with E-state index in [1.807, 2.05) is 13.8 Å². The highest BCUT2D eigenvalue weighted by atomic mass is 35.5. The van der Waals surface area contributed by atoms with Gasteiger partial charge in [0, 0.05) is 32.2 Å². The van der Waals surface area contributed by atoms with Gasteiger partial charge in [-0.25, -0.2) is 4.79 Å². The summed E-state index contributed by atoms with van der Waals surface area (Å²) >= 11 is 6.01. The van der Waals surface area contributed by atoms with Crippen LogP contribution in [0, 0.1) is 0 Å². The topological polar surface area (TPSA) is 61.9 Å². The number of nitrogens with one attached hydrogen (secondary N) is 1. The molecule has 0 saturated carbocycles. The molecule has 1 saturated heterocycles. The fourth-order valence-electron chi connectivity index (χ4n) is 2.59. The lowest BCUT2D eigenvalue weighted by atomic mass is 10.1. The molecule has 1 aliphatic heterocycles. The fraction of sp³-hybridized carbons (Fsp3) is 0.500. The summed E-state index contributed by atoms with van der Waals surface area (Å²) in [5.74, 6) is -0.194. The Hall–Kier alpha value is -1.79. The number of amides is 3. The lowest BCUT2D eigenvalue weighted by Gasteiger charge is -2.35. The Labute approximate surface area is 141 Å². The van der Waals surface area contributed by atoms with E-state index in [4.69, 9.17) is 16.3 Å². The van der Waals surface area contributed by atoms with Crippen LogP contribution < -0.4 is 5.32 Å². The van der Waals surface area contributed by atoms with Gasteiger partial charge in [0.05, 0.1) is 23.5 Å². The Morgan fingerprint density at radius 1 is 1.26 bits per heavy atom. The minimum atomic E-state index is -0.262. The molecule has 0 bridgehead atoms. The third-order valence-corrected chi connectivity index (χ3v) is 3.80. The van der Waals surface area contributed by atoms with Crippen molar-refractivity contribution in [1.29, 1.82) is 0 Å². The first-order valence-corrected chi connectivity index (χ1v) is 7.88. The van der Waals surface area contributed by atoms with Crippen molar-refractivity contribution in [2.45, 2.75) is 26.1 Å². The van der Waals surface area contributed by atoms with Crippen molar-refractivity contribution in [3.8, 4) is 0 Å². The summed E-state index contributed by atoms with van der Waals surface area (Å²) in [6.45, 7) is 4.87. The van der Waals surface area contributed by atoms with E-state index in [2.05, 4.69) is 5.32 Å². The number of benzene rings is 1. The van der Waals surface area contributed by atoms with E-state index < -0.39 is 0 Å². The van der Waals surface area contributed by atoms with Crippen molar-refractivity contribution >= 4 is 29.2 Å². The first-order valence-electron chi connectivity index (χ1n) is 7.50. The summed E-state index contributed by atoms with van der Waals surface area (Å²) < 4.78 is 5.63. The second kappa shape index (κ2) is 7.19. The molecule has 126 valence electrons. The first kappa shape index (κ1) is 17.6. The van der Waals surface area contributed by atoms with Crippen LogP contribution in [0.2, 0.25) is 5.02 Å². The second-order valence-electron chi connectivity index (χ2n) is 5.98. The maximum atomic E-state index is 12.5. The van der Waals surface area contributed by atoms with Crippen LogP contribution >= 0.6 is 11.6 Å². The van der Waals surface area contributed by atoms with Gasteiger partial charge in [-0.3, -0.25) is 4.79 Å². The molecule has 2 atom stereocenters. The van der Waals surface area contributed by atoms with Gasteiger partial charge in [-0.15, -0.1) is 0 Å². The third kappa shape index (κ3) is 4.36. The lowest BCUT2D eigenvalue weighted by molar-refractivity contribution is -0.0530. The van der Waals surface area contributed by atoms with Crippen molar-refractivity contribution < 1.29 is 14.3 Å². The van der Waals surface area contributed by atoms with E-state index in [-0.39, 0.29) is 24.1 Å². The van der Waals surface area contributed by atoms with Crippen molar-refractivity contribution in [3.05, 3.63) is 28.8 Å². The summed E-state index contributed by atoms with van der Waals surface area (Å²) in [7, 11) is 3.32. The number of hydrogen-bond acceptors (Lipinski definition) is 3. The van der Waals surface area contributed by atoms with E-state index >= 15 is 0 Å². The van der Waals surface area contributed by atoms with Crippen molar-refractivity contribution in [2.24, 2.45) is 0 Å². The number of urea groups is 1.